The van der Waals surface area contributed by atoms with Crippen LogP contribution in [0.25, 0.3) is 4.96 Å². The molecule has 2 rings (SSSR count). The number of hydrogen-bond acceptors (Lipinski definition) is 4. The molecule has 0 fully saturated rings. The fraction of sp³-hybridized carbons (Fsp3) is 0.583. The van der Waals surface area contributed by atoms with E-state index in [1.807, 2.05) is 11.6 Å². The first-order valence-electron chi connectivity index (χ1n) is 6.09. The Bertz CT molecular complexity index is 409. The monoisotopic (exact) mass is 253 g/mol. The number of nitrogens with zero attached hydrogens (tertiary/aromatic N) is 2. The molecule has 2 heterocycles. The summed E-state index contributed by atoms with van der Waals surface area (Å²) in [5, 5.41) is 5.42. The van der Waals surface area contributed by atoms with Crippen LogP contribution in [0.15, 0.2) is 17.8 Å². The normalized spacial score (nSPS) is 11.4. The zero-order valence-electron chi connectivity index (χ0n) is 10.2. The van der Waals surface area contributed by atoms with Gasteiger partial charge in [0.1, 0.15) is 0 Å². The van der Waals surface area contributed by atoms with Crippen LogP contribution in [0.4, 0.5) is 0 Å². The third-order valence-electron chi connectivity index (χ3n) is 2.44. The van der Waals surface area contributed by atoms with Crippen molar-refractivity contribution in [3.8, 4) is 0 Å². The molecular weight excluding hydrogens is 234 g/mol. The van der Waals surface area contributed by atoms with Gasteiger partial charge in [-0.05, 0) is 19.4 Å². The van der Waals surface area contributed by atoms with Crippen LogP contribution < -0.4 is 5.32 Å². The molecule has 0 saturated heterocycles. The lowest BCUT2D eigenvalue weighted by Crippen LogP contribution is -2.16. The molecule has 0 aromatic carbocycles. The van der Waals surface area contributed by atoms with Crippen LogP contribution in [0.1, 0.15) is 25.5 Å². The van der Waals surface area contributed by atoms with Crippen LogP contribution in [-0.2, 0) is 11.3 Å². The number of thiazole rings is 1. The minimum absolute atomic E-state index is 0.835. The molecule has 1 N–H and O–H groups in total. The lowest BCUT2D eigenvalue weighted by atomic mass is 10.4. The van der Waals surface area contributed by atoms with Gasteiger partial charge < -0.3 is 10.1 Å². The fourth-order valence-corrected chi connectivity index (χ4v) is 2.34. The van der Waals surface area contributed by atoms with Gasteiger partial charge in [-0.2, -0.15) is 0 Å². The molecule has 0 bridgehead atoms. The smallest absolute Gasteiger partial charge is 0.193 e. The second-order valence-corrected chi connectivity index (χ2v) is 4.84. The first kappa shape index (κ1) is 12.5. The number of ether oxygens (including phenoxy) is 1. The van der Waals surface area contributed by atoms with Crippen molar-refractivity contribution in [1.29, 1.82) is 0 Å². The van der Waals surface area contributed by atoms with Gasteiger partial charge in [-0.25, -0.2) is 4.98 Å². The van der Waals surface area contributed by atoms with Crippen molar-refractivity contribution in [1.82, 2.24) is 14.7 Å². The summed E-state index contributed by atoms with van der Waals surface area (Å²) in [6, 6.07) is 0. The summed E-state index contributed by atoms with van der Waals surface area (Å²) in [7, 11) is 0. The highest BCUT2D eigenvalue weighted by Gasteiger charge is 2.01. The van der Waals surface area contributed by atoms with E-state index in [-0.39, 0.29) is 0 Å². The van der Waals surface area contributed by atoms with E-state index in [2.05, 4.69) is 27.8 Å². The molecule has 4 nitrogen and oxygen atoms in total. The van der Waals surface area contributed by atoms with Gasteiger partial charge >= 0.3 is 0 Å². The van der Waals surface area contributed by atoms with Crippen molar-refractivity contribution in [2.45, 2.75) is 26.3 Å². The number of hydrogen-bond donors (Lipinski definition) is 1. The van der Waals surface area contributed by atoms with Gasteiger partial charge in [-0.15, -0.1) is 11.3 Å². The number of fused-ring (bicyclic) bond motifs is 1. The molecule has 2 aromatic rings. The summed E-state index contributed by atoms with van der Waals surface area (Å²) >= 11 is 1.67. The Balaban J connectivity index is 1.60. The quantitative estimate of drug-likeness (QED) is 0.734. The molecule has 0 aliphatic rings. The first-order chi connectivity index (χ1) is 8.40. The van der Waals surface area contributed by atoms with Gasteiger partial charge in [0.2, 0.25) is 0 Å². The summed E-state index contributed by atoms with van der Waals surface area (Å²) in [5.74, 6) is 0. The third kappa shape index (κ3) is 3.80. The number of aromatic nitrogens is 2. The van der Waals surface area contributed by atoms with Gasteiger partial charge in [0.15, 0.2) is 4.96 Å². The van der Waals surface area contributed by atoms with Crippen molar-refractivity contribution >= 4 is 16.3 Å². The summed E-state index contributed by atoms with van der Waals surface area (Å²) < 4.78 is 7.47. The highest BCUT2D eigenvalue weighted by Crippen LogP contribution is 2.10. The van der Waals surface area contributed by atoms with Crippen molar-refractivity contribution in [3.05, 3.63) is 23.5 Å². The SMILES string of the molecule is CCCOCCCNCc1cn2ccsc2n1. The van der Waals surface area contributed by atoms with Crippen molar-refractivity contribution in [2.24, 2.45) is 0 Å². The third-order valence-corrected chi connectivity index (χ3v) is 3.21. The van der Waals surface area contributed by atoms with Crippen LogP contribution in [0, 0.1) is 0 Å². The van der Waals surface area contributed by atoms with Crippen LogP contribution in [-0.4, -0.2) is 29.1 Å². The van der Waals surface area contributed by atoms with E-state index in [0.29, 0.717) is 0 Å². The minimum atomic E-state index is 0.835. The molecule has 0 amide bonds. The molecule has 5 heteroatoms. The van der Waals surface area contributed by atoms with Crippen LogP contribution in [0.3, 0.4) is 0 Å². The van der Waals surface area contributed by atoms with E-state index in [4.69, 9.17) is 4.74 Å². The Labute approximate surface area is 106 Å². The predicted octanol–water partition coefficient (Wildman–Crippen LogP) is 2.30. The van der Waals surface area contributed by atoms with Gasteiger partial charge in [0.05, 0.1) is 5.69 Å². The standard InChI is InChI=1S/C12H19N3OS/c1-2-6-16-7-3-4-13-9-11-10-15-5-8-17-12(15)14-11/h5,8,10,13H,2-4,6-7,9H2,1H3. The van der Waals surface area contributed by atoms with Crippen LogP contribution >= 0.6 is 11.3 Å². The van der Waals surface area contributed by atoms with E-state index in [1.54, 1.807) is 11.3 Å². The lowest BCUT2D eigenvalue weighted by Gasteiger charge is -2.03. The Kier molecular flexibility index (Phi) is 4.97. The molecule has 0 aliphatic carbocycles. The number of imidazole rings is 1. The molecule has 0 atom stereocenters. The summed E-state index contributed by atoms with van der Waals surface area (Å²) in [5.41, 5.74) is 1.10. The summed E-state index contributed by atoms with van der Waals surface area (Å²) in [4.78, 5) is 5.57. The zero-order chi connectivity index (χ0) is 11.9. The van der Waals surface area contributed by atoms with Gasteiger partial charge in [-0.3, -0.25) is 4.40 Å². The highest BCUT2D eigenvalue weighted by atomic mass is 32.1. The van der Waals surface area contributed by atoms with Crippen molar-refractivity contribution in [3.63, 3.8) is 0 Å². The molecular formula is C12H19N3OS. The van der Waals surface area contributed by atoms with Gasteiger partial charge in [0.25, 0.3) is 0 Å². The van der Waals surface area contributed by atoms with E-state index in [0.717, 1.165) is 49.8 Å². The topological polar surface area (TPSA) is 38.6 Å². The molecule has 2 aromatic heterocycles. The Morgan fingerprint density at radius 3 is 3.24 bits per heavy atom. The predicted molar refractivity (Wildman–Crippen MR) is 70.5 cm³/mol. The maximum Gasteiger partial charge on any atom is 0.193 e. The fourth-order valence-electron chi connectivity index (χ4n) is 1.62. The van der Waals surface area contributed by atoms with E-state index in [9.17, 15) is 0 Å². The van der Waals surface area contributed by atoms with Crippen molar-refractivity contribution < 1.29 is 4.74 Å². The maximum absolute atomic E-state index is 5.41. The molecule has 0 radical (unpaired) electrons. The molecule has 0 saturated carbocycles. The highest BCUT2D eigenvalue weighted by molar-refractivity contribution is 7.15. The maximum atomic E-state index is 5.41. The second kappa shape index (κ2) is 6.74. The lowest BCUT2D eigenvalue weighted by molar-refractivity contribution is 0.132. The first-order valence-corrected chi connectivity index (χ1v) is 6.97. The zero-order valence-corrected chi connectivity index (χ0v) is 11.0. The number of rotatable bonds is 8. The summed E-state index contributed by atoms with van der Waals surface area (Å²) in [6.07, 6.45) is 6.27. The number of nitrogens with one attached hydrogen (secondary N) is 1. The molecule has 0 unspecified atom stereocenters. The average Bonchev–Trinajstić information content (AvgIpc) is 2.88. The largest absolute Gasteiger partial charge is 0.381 e. The Hall–Kier alpha value is -0.910. The van der Waals surface area contributed by atoms with Gasteiger partial charge in [-0.1, -0.05) is 6.92 Å². The Morgan fingerprint density at radius 2 is 2.41 bits per heavy atom. The molecule has 94 valence electrons. The minimum Gasteiger partial charge on any atom is -0.381 e. The van der Waals surface area contributed by atoms with E-state index < -0.39 is 0 Å². The molecule has 0 spiro atoms. The van der Waals surface area contributed by atoms with Crippen LogP contribution in [0.5, 0.6) is 0 Å². The van der Waals surface area contributed by atoms with E-state index >= 15 is 0 Å². The summed E-state index contributed by atoms with van der Waals surface area (Å²) in [6.45, 7) is 5.66. The van der Waals surface area contributed by atoms with E-state index in [1.165, 1.54) is 0 Å². The Morgan fingerprint density at radius 1 is 1.47 bits per heavy atom. The van der Waals surface area contributed by atoms with Crippen LogP contribution in [0.2, 0.25) is 0 Å². The molecule has 17 heavy (non-hydrogen) atoms. The second-order valence-electron chi connectivity index (χ2n) is 3.97. The molecule has 0 aliphatic heterocycles. The van der Waals surface area contributed by atoms with Gasteiger partial charge in [0, 0.05) is 37.5 Å². The van der Waals surface area contributed by atoms with Crippen molar-refractivity contribution in [2.75, 3.05) is 19.8 Å². The average molecular weight is 253 g/mol.